The first-order valence-electron chi connectivity index (χ1n) is 9.31. The third kappa shape index (κ3) is 5.01. The highest BCUT2D eigenvalue weighted by molar-refractivity contribution is 7.14. The standard InChI is InChI=1S/C22H17FN4O3S/c1-13(28)24-11-14-5-7-15(8-6-14)19-12-31-22(25-19)26-21(29)20-10-18(27-30-20)16-3-2-4-17(23)9-16/h2-10,12H,11H2,1H3,(H,24,28)(H,25,26,29). The van der Waals surface area contributed by atoms with E-state index in [2.05, 4.69) is 20.8 Å². The number of anilines is 1. The van der Waals surface area contributed by atoms with Gasteiger partial charge in [-0.1, -0.05) is 41.6 Å². The van der Waals surface area contributed by atoms with Crippen LogP contribution in [0.3, 0.4) is 0 Å². The molecule has 31 heavy (non-hydrogen) atoms. The topological polar surface area (TPSA) is 97.1 Å². The van der Waals surface area contributed by atoms with E-state index in [1.54, 1.807) is 12.1 Å². The highest BCUT2D eigenvalue weighted by Crippen LogP contribution is 2.26. The van der Waals surface area contributed by atoms with Gasteiger partial charge in [0.2, 0.25) is 11.7 Å². The lowest BCUT2D eigenvalue weighted by atomic mass is 10.1. The van der Waals surface area contributed by atoms with Crippen LogP contribution in [0.15, 0.2) is 64.5 Å². The minimum absolute atomic E-state index is 0.00154. The zero-order chi connectivity index (χ0) is 21.8. The number of hydrogen-bond acceptors (Lipinski definition) is 6. The van der Waals surface area contributed by atoms with E-state index in [4.69, 9.17) is 4.52 Å². The number of halogens is 1. The van der Waals surface area contributed by atoms with Gasteiger partial charge in [-0.2, -0.15) is 0 Å². The molecule has 0 fully saturated rings. The molecular weight excluding hydrogens is 419 g/mol. The van der Waals surface area contributed by atoms with Crippen molar-refractivity contribution in [3.8, 4) is 22.5 Å². The Bertz CT molecular complexity index is 1230. The number of amides is 2. The molecule has 0 atom stereocenters. The van der Waals surface area contributed by atoms with Gasteiger partial charge in [0, 0.05) is 36.0 Å². The summed E-state index contributed by atoms with van der Waals surface area (Å²) in [5.74, 6) is -0.983. The van der Waals surface area contributed by atoms with Crippen molar-refractivity contribution in [2.75, 3.05) is 5.32 Å². The number of aromatic nitrogens is 2. The van der Waals surface area contributed by atoms with Gasteiger partial charge in [0.1, 0.15) is 11.5 Å². The Morgan fingerprint density at radius 3 is 2.61 bits per heavy atom. The highest BCUT2D eigenvalue weighted by atomic mass is 32.1. The molecule has 0 spiro atoms. The third-order valence-corrected chi connectivity index (χ3v) is 5.13. The molecule has 2 aromatic carbocycles. The number of benzene rings is 2. The molecule has 7 nitrogen and oxygen atoms in total. The van der Waals surface area contributed by atoms with Gasteiger partial charge < -0.3 is 9.84 Å². The highest BCUT2D eigenvalue weighted by Gasteiger charge is 2.16. The summed E-state index contributed by atoms with van der Waals surface area (Å²) in [6.45, 7) is 1.93. The van der Waals surface area contributed by atoms with E-state index < -0.39 is 11.7 Å². The molecule has 0 bridgehead atoms. The zero-order valence-electron chi connectivity index (χ0n) is 16.4. The van der Waals surface area contributed by atoms with Gasteiger partial charge in [0.15, 0.2) is 5.13 Å². The molecule has 0 aliphatic rings. The quantitative estimate of drug-likeness (QED) is 0.464. The molecule has 2 aromatic heterocycles. The number of thiazole rings is 1. The predicted octanol–water partition coefficient (Wildman–Crippen LogP) is 4.49. The molecule has 156 valence electrons. The summed E-state index contributed by atoms with van der Waals surface area (Å²) >= 11 is 1.28. The van der Waals surface area contributed by atoms with Crippen molar-refractivity contribution >= 4 is 28.3 Å². The van der Waals surface area contributed by atoms with Gasteiger partial charge in [-0.05, 0) is 17.7 Å². The summed E-state index contributed by atoms with van der Waals surface area (Å²) < 4.78 is 18.5. The SMILES string of the molecule is CC(=O)NCc1ccc(-c2csc(NC(=O)c3cc(-c4cccc(F)c4)no3)n2)cc1. The van der Waals surface area contributed by atoms with Crippen molar-refractivity contribution < 1.29 is 18.5 Å². The molecular formula is C22H17FN4O3S. The van der Waals surface area contributed by atoms with Crippen molar-refractivity contribution in [2.24, 2.45) is 0 Å². The number of carbonyl (C=O) groups excluding carboxylic acids is 2. The monoisotopic (exact) mass is 436 g/mol. The summed E-state index contributed by atoms with van der Waals surface area (Å²) in [6, 6.07) is 14.9. The molecule has 0 aliphatic carbocycles. The molecule has 2 heterocycles. The number of hydrogen-bond donors (Lipinski definition) is 2. The van der Waals surface area contributed by atoms with Gasteiger partial charge in [0.05, 0.1) is 5.69 Å². The molecule has 0 unspecified atom stereocenters. The molecule has 2 N–H and O–H groups in total. The Balaban J connectivity index is 1.42. The molecule has 0 radical (unpaired) electrons. The number of nitrogens with zero attached hydrogens (tertiary/aromatic N) is 2. The average molecular weight is 436 g/mol. The zero-order valence-corrected chi connectivity index (χ0v) is 17.2. The second kappa shape index (κ2) is 8.88. The van der Waals surface area contributed by atoms with Crippen LogP contribution in [0.25, 0.3) is 22.5 Å². The van der Waals surface area contributed by atoms with Crippen molar-refractivity contribution in [3.05, 3.63) is 77.1 Å². The molecule has 9 heteroatoms. The van der Waals surface area contributed by atoms with E-state index in [-0.39, 0.29) is 11.7 Å². The van der Waals surface area contributed by atoms with Gasteiger partial charge in [0.25, 0.3) is 5.91 Å². The first kappa shape index (κ1) is 20.4. The normalized spacial score (nSPS) is 10.6. The van der Waals surface area contributed by atoms with Crippen molar-refractivity contribution in [3.63, 3.8) is 0 Å². The molecule has 4 aromatic rings. The van der Waals surface area contributed by atoms with Crippen LogP contribution < -0.4 is 10.6 Å². The van der Waals surface area contributed by atoms with Crippen molar-refractivity contribution in [1.29, 1.82) is 0 Å². The lowest BCUT2D eigenvalue weighted by Crippen LogP contribution is -2.18. The molecule has 4 rings (SSSR count). The van der Waals surface area contributed by atoms with E-state index in [0.29, 0.717) is 28.6 Å². The Kier molecular flexibility index (Phi) is 5.85. The first-order valence-corrected chi connectivity index (χ1v) is 10.2. The second-order valence-corrected chi connectivity index (χ2v) is 7.54. The second-order valence-electron chi connectivity index (χ2n) is 6.69. The van der Waals surface area contributed by atoms with Gasteiger partial charge >= 0.3 is 0 Å². The summed E-state index contributed by atoms with van der Waals surface area (Å²) in [5.41, 5.74) is 3.45. The van der Waals surface area contributed by atoms with Gasteiger partial charge in [-0.3, -0.25) is 14.9 Å². The maximum absolute atomic E-state index is 13.4. The summed E-state index contributed by atoms with van der Waals surface area (Å²) in [5, 5.41) is 11.5. The van der Waals surface area contributed by atoms with Gasteiger partial charge in [-0.15, -0.1) is 11.3 Å². The summed E-state index contributed by atoms with van der Waals surface area (Å²) in [7, 11) is 0. The lowest BCUT2D eigenvalue weighted by molar-refractivity contribution is -0.119. The van der Waals surface area contributed by atoms with Gasteiger partial charge in [-0.25, -0.2) is 9.37 Å². The van der Waals surface area contributed by atoms with Crippen LogP contribution in [0.1, 0.15) is 23.0 Å². The Labute approximate surface area is 180 Å². The number of rotatable bonds is 6. The van der Waals surface area contributed by atoms with Crippen molar-refractivity contribution in [1.82, 2.24) is 15.5 Å². The van der Waals surface area contributed by atoms with Crippen LogP contribution in [0.5, 0.6) is 0 Å². The third-order valence-electron chi connectivity index (χ3n) is 4.37. The number of carbonyl (C=O) groups is 2. The molecule has 0 saturated heterocycles. The van der Waals surface area contributed by atoms with E-state index in [0.717, 1.165) is 11.1 Å². The van der Waals surface area contributed by atoms with E-state index >= 15 is 0 Å². The first-order chi connectivity index (χ1) is 15.0. The average Bonchev–Trinajstić information content (AvgIpc) is 3.43. The maximum atomic E-state index is 13.4. The minimum atomic E-state index is -0.498. The Morgan fingerprint density at radius 1 is 1.06 bits per heavy atom. The minimum Gasteiger partial charge on any atom is -0.352 e. The molecule has 2 amide bonds. The van der Waals surface area contributed by atoms with Crippen LogP contribution in [0, 0.1) is 5.82 Å². The van der Waals surface area contributed by atoms with Crippen LogP contribution in [-0.4, -0.2) is 22.0 Å². The summed E-state index contributed by atoms with van der Waals surface area (Å²) in [6.07, 6.45) is 0. The predicted molar refractivity (Wildman–Crippen MR) is 115 cm³/mol. The fourth-order valence-electron chi connectivity index (χ4n) is 2.81. The van der Waals surface area contributed by atoms with Crippen LogP contribution >= 0.6 is 11.3 Å². The van der Waals surface area contributed by atoms with E-state index in [9.17, 15) is 14.0 Å². The van der Waals surface area contributed by atoms with Crippen LogP contribution in [0.4, 0.5) is 9.52 Å². The van der Waals surface area contributed by atoms with E-state index in [1.165, 1.54) is 36.5 Å². The molecule has 0 saturated carbocycles. The lowest BCUT2D eigenvalue weighted by Gasteiger charge is -2.03. The molecule has 0 aliphatic heterocycles. The maximum Gasteiger partial charge on any atom is 0.296 e. The van der Waals surface area contributed by atoms with Crippen LogP contribution in [-0.2, 0) is 11.3 Å². The Hall–Kier alpha value is -3.85. The van der Waals surface area contributed by atoms with Crippen molar-refractivity contribution in [2.45, 2.75) is 13.5 Å². The Morgan fingerprint density at radius 2 is 1.87 bits per heavy atom. The summed E-state index contributed by atoms with van der Waals surface area (Å²) in [4.78, 5) is 27.9. The number of nitrogens with one attached hydrogen (secondary N) is 2. The van der Waals surface area contributed by atoms with Crippen LogP contribution in [0.2, 0.25) is 0 Å². The van der Waals surface area contributed by atoms with E-state index in [1.807, 2.05) is 29.6 Å². The fraction of sp³-hybridized carbons (Fsp3) is 0.0909. The smallest absolute Gasteiger partial charge is 0.296 e. The largest absolute Gasteiger partial charge is 0.352 e. The fourth-order valence-corrected chi connectivity index (χ4v) is 3.52.